The molecule has 0 saturated heterocycles. The quantitative estimate of drug-likeness (QED) is 0.846. The second-order valence-corrected chi connectivity index (χ2v) is 3.97. The van der Waals surface area contributed by atoms with Gasteiger partial charge in [0, 0.05) is 11.0 Å². The molecule has 1 rings (SSSR count). The minimum atomic E-state index is -0.372. The highest BCUT2D eigenvalue weighted by Gasteiger charge is 2.01. The van der Waals surface area contributed by atoms with Gasteiger partial charge >= 0.3 is 0 Å². The Morgan fingerprint density at radius 2 is 1.92 bits per heavy atom. The van der Waals surface area contributed by atoms with E-state index in [9.17, 15) is 5.11 Å². The summed E-state index contributed by atoms with van der Waals surface area (Å²) in [4.78, 5) is 0. The molecular weight excluding hydrogens is 230 g/mol. The van der Waals surface area contributed by atoms with Crippen molar-refractivity contribution in [2.75, 3.05) is 6.54 Å². The van der Waals surface area contributed by atoms with Gasteiger partial charge in [-0.3, -0.25) is 0 Å². The Hall–Kier alpha value is -0.380. The molecule has 1 atom stereocenters. The monoisotopic (exact) mass is 243 g/mol. The van der Waals surface area contributed by atoms with Crippen LogP contribution in [0.5, 0.6) is 0 Å². The van der Waals surface area contributed by atoms with Crippen LogP contribution in [0.3, 0.4) is 0 Å². The molecule has 3 N–H and O–H groups in total. The normalized spacial score (nSPS) is 12.8. The summed E-state index contributed by atoms with van der Waals surface area (Å²) < 4.78 is 1.08. The number of halogens is 1. The van der Waals surface area contributed by atoms with Gasteiger partial charge in [-0.15, -0.1) is 0 Å². The van der Waals surface area contributed by atoms with E-state index < -0.39 is 0 Å². The van der Waals surface area contributed by atoms with Gasteiger partial charge in [0.25, 0.3) is 0 Å². The summed E-state index contributed by atoms with van der Waals surface area (Å²) >= 11 is 3.37. The Morgan fingerprint density at radius 3 is 2.46 bits per heavy atom. The molecule has 2 nitrogen and oxygen atoms in total. The molecule has 0 aromatic heterocycles. The van der Waals surface area contributed by atoms with E-state index in [1.807, 2.05) is 24.3 Å². The Bertz CT molecular complexity index is 248. The fourth-order valence-corrected chi connectivity index (χ4v) is 1.37. The highest BCUT2D eigenvalue weighted by molar-refractivity contribution is 9.10. The Labute approximate surface area is 86.9 Å². The third-order valence-electron chi connectivity index (χ3n) is 1.95. The van der Waals surface area contributed by atoms with Gasteiger partial charge < -0.3 is 10.8 Å². The lowest BCUT2D eigenvalue weighted by molar-refractivity contribution is 0.173. The molecule has 0 amide bonds. The predicted octanol–water partition coefficient (Wildman–Crippen LogP) is 1.70. The lowest BCUT2D eigenvalue weighted by Gasteiger charge is -2.06. The highest BCUT2D eigenvalue weighted by atomic mass is 79.9. The molecule has 0 fully saturated rings. The summed E-state index contributed by atoms with van der Waals surface area (Å²) in [5.41, 5.74) is 6.53. The number of nitrogens with two attached hydrogens (primary N) is 1. The van der Waals surface area contributed by atoms with Crippen LogP contribution in [0.1, 0.15) is 12.0 Å². The maximum Gasteiger partial charge on any atom is 0.0665 e. The van der Waals surface area contributed by atoms with Gasteiger partial charge in [-0.1, -0.05) is 28.1 Å². The number of aliphatic hydroxyl groups is 1. The van der Waals surface area contributed by atoms with Crippen molar-refractivity contribution in [2.24, 2.45) is 5.73 Å². The molecule has 0 spiro atoms. The van der Waals surface area contributed by atoms with Crippen molar-refractivity contribution in [2.45, 2.75) is 18.9 Å². The van der Waals surface area contributed by atoms with Gasteiger partial charge in [-0.25, -0.2) is 0 Å². The molecule has 0 saturated carbocycles. The summed E-state index contributed by atoms with van der Waals surface area (Å²) in [5.74, 6) is 0. The molecule has 0 heterocycles. The van der Waals surface area contributed by atoms with E-state index in [1.165, 1.54) is 5.56 Å². The molecule has 1 aromatic rings. The summed E-state index contributed by atoms with van der Waals surface area (Å²) in [6.07, 6.45) is 1.24. The first-order chi connectivity index (χ1) is 6.22. The molecule has 0 radical (unpaired) electrons. The van der Waals surface area contributed by atoms with E-state index in [0.717, 1.165) is 17.3 Å². The summed E-state index contributed by atoms with van der Waals surface area (Å²) in [7, 11) is 0. The first-order valence-electron chi connectivity index (χ1n) is 4.35. The van der Waals surface area contributed by atoms with Crippen molar-refractivity contribution >= 4 is 15.9 Å². The second-order valence-electron chi connectivity index (χ2n) is 3.05. The first-order valence-corrected chi connectivity index (χ1v) is 5.14. The third kappa shape index (κ3) is 3.89. The van der Waals surface area contributed by atoms with Crippen LogP contribution >= 0.6 is 15.9 Å². The summed E-state index contributed by atoms with van der Waals surface area (Å²) in [5, 5.41) is 9.24. The van der Waals surface area contributed by atoms with Crippen LogP contribution in [0.2, 0.25) is 0 Å². The minimum Gasteiger partial charge on any atom is -0.392 e. The molecule has 13 heavy (non-hydrogen) atoms. The van der Waals surface area contributed by atoms with Gasteiger partial charge in [0.1, 0.15) is 0 Å². The topological polar surface area (TPSA) is 46.2 Å². The van der Waals surface area contributed by atoms with Crippen molar-refractivity contribution in [3.05, 3.63) is 34.3 Å². The van der Waals surface area contributed by atoms with E-state index in [2.05, 4.69) is 15.9 Å². The number of aryl methyl sites for hydroxylation is 1. The van der Waals surface area contributed by atoms with Crippen molar-refractivity contribution in [1.82, 2.24) is 0 Å². The lowest BCUT2D eigenvalue weighted by atomic mass is 10.1. The van der Waals surface area contributed by atoms with Crippen molar-refractivity contribution < 1.29 is 5.11 Å². The van der Waals surface area contributed by atoms with E-state index in [4.69, 9.17) is 5.73 Å². The van der Waals surface area contributed by atoms with Crippen LogP contribution < -0.4 is 5.73 Å². The molecule has 0 bridgehead atoms. The molecule has 72 valence electrons. The number of rotatable bonds is 4. The fraction of sp³-hybridized carbons (Fsp3) is 0.400. The van der Waals surface area contributed by atoms with E-state index in [0.29, 0.717) is 6.54 Å². The molecule has 0 aliphatic rings. The van der Waals surface area contributed by atoms with Gasteiger partial charge in [0.05, 0.1) is 6.10 Å². The maximum atomic E-state index is 9.24. The van der Waals surface area contributed by atoms with Crippen molar-refractivity contribution in [1.29, 1.82) is 0 Å². The van der Waals surface area contributed by atoms with E-state index in [-0.39, 0.29) is 6.10 Å². The standard InChI is InChI=1S/C10H14BrNO/c11-9-4-1-8(2-5-9)3-6-10(13)7-12/h1-2,4-5,10,13H,3,6-7,12H2/t10-/m1/s1. The zero-order chi connectivity index (χ0) is 9.68. The van der Waals surface area contributed by atoms with Crippen LogP contribution in [0.25, 0.3) is 0 Å². The van der Waals surface area contributed by atoms with Crippen LogP contribution in [0.4, 0.5) is 0 Å². The van der Waals surface area contributed by atoms with Gasteiger partial charge in [0.2, 0.25) is 0 Å². The number of benzene rings is 1. The molecule has 0 aliphatic carbocycles. The van der Waals surface area contributed by atoms with E-state index in [1.54, 1.807) is 0 Å². The second kappa shape index (κ2) is 5.37. The average molecular weight is 244 g/mol. The Morgan fingerprint density at radius 1 is 1.31 bits per heavy atom. The molecular formula is C10H14BrNO. The Kier molecular flexibility index (Phi) is 4.42. The van der Waals surface area contributed by atoms with Gasteiger partial charge in [-0.2, -0.15) is 0 Å². The number of hydrogen-bond donors (Lipinski definition) is 2. The molecule has 0 aliphatic heterocycles. The predicted molar refractivity (Wildman–Crippen MR) is 57.5 cm³/mol. The first kappa shape index (κ1) is 10.7. The maximum absolute atomic E-state index is 9.24. The van der Waals surface area contributed by atoms with Crippen LogP contribution in [-0.4, -0.2) is 17.8 Å². The van der Waals surface area contributed by atoms with Crippen molar-refractivity contribution in [3.8, 4) is 0 Å². The zero-order valence-electron chi connectivity index (χ0n) is 7.41. The highest BCUT2D eigenvalue weighted by Crippen LogP contribution is 2.12. The zero-order valence-corrected chi connectivity index (χ0v) is 9.00. The lowest BCUT2D eigenvalue weighted by Crippen LogP contribution is -2.20. The summed E-state index contributed by atoms with van der Waals surface area (Å²) in [6.45, 7) is 0.344. The van der Waals surface area contributed by atoms with Gasteiger partial charge in [0.15, 0.2) is 0 Å². The SMILES string of the molecule is NC[C@H](O)CCc1ccc(Br)cc1. The fourth-order valence-electron chi connectivity index (χ4n) is 1.10. The van der Waals surface area contributed by atoms with Crippen LogP contribution in [0, 0.1) is 0 Å². The molecule has 0 unspecified atom stereocenters. The van der Waals surface area contributed by atoms with Crippen LogP contribution in [0.15, 0.2) is 28.7 Å². The largest absolute Gasteiger partial charge is 0.392 e. The summed E-state index contributed by atoms with van der Waals surface area (Å²) in [6, 6.07) is 8.11. The number of aliphatic hydroxyl groups excluding tert-OH is 1. The molecule has 3 heteroatoms. The van der Waals surface area contributed by atoms with Crippen LogP contribution in [-0.2, 0) is 6.42 Å². The smallest absolute Gasteiger partial charge is 0.0665 e. The third-order valence-corrected chi connectivity index (χ3v) is 2.48. The molecule has 1 aromatic carbocycles. The Balaban J connectivity index is 2.41. The van der Waals surface area contributed by atoms with E-state index >= 15 is 0 Å². The van der Waals surface area contributed by atoms with Gasteiger partial charge in [-0.05, 0) is 30.5 Å². The number of hydrogen-bond acceptors (Lipinski definition) is 2. The average Bonchev–Trinajstić information content (AvgIpc) is 2.16. The minimum absolute atomic E-state index is 0.344. The van der Waals surface area contributed by atoms with Crippen molar-refractivity contribution in [3.63, 3.8) is 0 Å².